The van der Waals surface area contributed by atoms with E-state index >= 15 is 0 Å². The Labute approximate surface area is 101 Å². The highest BCUT2D eigenvalue weighted by Gasteiger charge is 2.02. The zero-order chi connectivity index (χ0) is 10.7. The highest BCUT2D eigenvalue weighted by molar-refractivity contribution is 9.10. The van der Waals surface area contributed by atoms with E-state index in [4.69, 9.17) is 0 Å². The summed E-state index contributed by atoms with van der Waals surface area (Å²) in [6.07, 6.45) is 0. The average Bonchev–Trinajstić information content (AvgIpc) is 2.24. The maximum Gasteiger partial charge on any atom is 0.116 e. The third kappa shape index (κ3) is 2.76. The van der Waals surface area contributed by atoms with Gasteiger partial charge in [0.05, 0.1) is 0 Å². The van der Waals surface area contributed by atoms with Gasteiger partial charge in [-0.1, -0.05) is 30.0 Å². The molecule has 2 aromatic rings. The summed E-state index contributed by atoms with van der Waals surface area (Å²) in [6, 6.07) is 15.4. The molecule has 0 fully saturated rings. The molecule has 0 saturated carbocycles. The summed E-state index contributed by atoms with van der Waals surface area (Å²) in [5, 5.41) is 9.26. The summed E-state index contributed by atoms with van der Waals surface area (Å²) >= 11 is 5.09. The topological polar surface area (TPSA) is 20.2 Å². The van der Waals surface area contributed by atoms with Crippen LogP contribution in [0.3, 0.4) is 0 Å². The van der Waals surface area contributed by atoms with Crippen LogP contribution in [-0.2, 0) is 0 Å². The van der Waals surface area contributed by atoms with Crippen LogP contribution < -0.4 is 0 Å². The van der Waals surface area contributed by atoms with E-state index in [9.17, 15) is 5.11 Å². The average molecular weight is 281 g/mol. The molecule has 0 spiro atoms. The second-order valence-electron chi connectivity index (χ2n) is 3.03. The number of halogens is 1. The van der Waals surface area contributed by atoms with Gasteiger partial charge in [-0.3, -0.25) is 0 Å². The molecule has 15 heavy (non-hydrogen) atoms. The van der Waals surface area contributed by atoms with Gasteiger partial charge in [0.25, 0.3) is 0 Å². The van der Waals surface area contributed by atoms with E-state index in [1.54, 1.807) is 23.9 Å². The van der Waals surface area contributed by atoms with Crippen LogP contribution in [0.2, 0.25) is 0 Å². The molecule has 0 heterocycles. The molecule has 0 saturated heterocycles. The molecule has 1 nitrogen and oxygen atoms in total. The second kappa shape index (κ2) is 4.73. The molecule has 0 amide bonds. The van der Waals surface area contributed by atoms with Crippen molar-refractivity contribution in [2.75, 3.05) is 0 Å². The number of phenolic OH excluding ortho intramolecular Hbond substituents is 1. The first-order chi connectivity index (χ1) is 7.25. The smallest absolute Gasteiger partial charge is 0.116 e. The van der Waals surface area contributed by atoms with Crippen molar-refractivity contribution in [3.63, 3.8) is 0 Å². The molecule has 0 aliphatic rings. The number of hydrogen-bond donors (Lipinski definition) is 1. The zero-order valence-corrected chi connectivity index (χ0v) is 10.3. The molecule has 0 aliphatic carbocycles. The fourth-order valence-corrected chi connectivity index (χ4v) is 2.64. The van der Waals surface area contributed by atoms with Crippen LogP contribution in [0.25, 0.3) is 0 Å². The molecule has 2 rings (SSSR count). The summed E-state index contributed by atoms with van der Waals surface area (Å²) in [7, 11) is 0. The Morgan fingerprint density at radius 1 is 1.00 bits per heavy atom. The van der Waals surface area contributed by atoms with E-state index < -0.39 is 0 Å². The summed E-state index contributed by atoms with van der Waals surface area (Å²) in [5.41, 5.74) is 0. The van der Waals surface area contributed by atoms with Crippen LogP contribution in [-0.4, -0.2) is 5.11 Å². The Bertz CT molecular complexity index is 456. The van der Waals surface area contributed by atoms with Crippen molar-refractivity contribution < 1.29 is 5.11 Å². The molecule has 2 aromatic carbocycles. The predicted molar refractivity (Wildman–Crippen MR) is 66.4 cm³/mol. The van der Waals surface area contributed by atoms with Crippen LogP contribution in [0.4, 0.5) is 0 Å². The normalized spacial score (nSPS) is 10.2. The fourth-order valence-electron chi connectivity index (χ4n) is 1.19. The largest absolute Gasteiger partial charge is 0.508 e. The maximum atomic E-state index is 9.26. The maximum absolute atomic E-state index is 9.26. The van der Waals surface area contributed by atoms with Gasteiger partial charge in [0.2, 0.25) is 0 Å². The van der Waals surface area contributed by atoms with E-state index in [0.29, 0.717) is 0 Å². The third-order valence-corrected chi connectivity index (χ3v) is 3.89. The van der Waals surface area contributed by atoms with Crippen LogP contribution in [0.5, 0.6) is 5.75 Å². The third-order valence-electron chi connectivity index (χ3n) is 1.89. The van der Waals surface area contributed by atoms with Crippen molar-refractivity contribution in [3.8, 4) is 5.75 Å². The molecule has 1 N–H and O–H groups in total. The summed E-state index contributed by atoms with van der Waals surface area (Å²) in [4.78, 5) is 2.28. The quantitative estimate of drug-likeness (QED) is 0.885. The van der Waals surface area contributed by atoms with Crippen molar-refractivity contribution in [1.82, 2.24) is 0 Å². The lowest BCUT2D eigenvalue weighted by Crippen LogP contribution is -1.75. The Hall–Kier alpha value is -0.930. The molecule has 76 valence electrons. The Kier molecular flexibility index (Phi) is 3.34. The van der Waals surface area contributed by atoms with E-state index in [1.165, 1.54) is 4.90 Å². The van der Waals surface area contributed by atoms with Gasteiger partial charge in [-0.15, -0.1) is 0 Å². The lowest BCUT2D eigenvalue weighted by molar-refractivity contribution is 0.474. The Balaban J connectivity index is 2.25. The molecule has 3 heteroatoms. The summed E-state index contributed by atoms with van der Waals surface area (Å²) in [6.45, 7) is 0. The second-order valence-corrected chi connectivity index (χ2v) is 5.00. The first-order valence-electron chi connectivity index (χ1n) is 4.47. The van der Waals surface area contributed by atoms with E-state index in [1.807, 2.05) is 24.3 Å². The van der Waals surface area contributed by atoms with E-state index in [0.717, 1.165) is 9.37 Å². The molecular weight excluding hydrogens is 272 g/mol. The Morgan fingerprint density at radius 2 is 1.73 bits per heavy atom. The van der Waals surface area contributed by atoms with Gasteiger partial charge in [-0.05, 0) is 46.3 Å². The van der Waals surface area contributed by atoms with Gasteiger partial charge in [-0.2, -0.15) is 0 Å². The van der Waals surface area contributed by atoms with Crippen LogP contribution in [0.1, 0.15) is 0 Å². The molecule has 0 atom stereocenters. The van der Waals surface area contributed by atoms with Gasteiger partial charge in [0.15, 0.2) is 0 Å². The lowest BCUT2D eigenvalue weighted by atomic mass is 10.3. The molecule has 0 unspecified atom stereocenters. The molecular formula is C12H9BrOS. The zero-order valence-electron chi connectivity index (χ0n) is 7.85. The van der Waals surface area contributed by atoms with Crippen molar-refractivity contribution in [2.24, 2.45) is 0 Å². The number of aromatic hydroxyl groups is 1. The van der Waals surface area contributed by atoms with Gasteiger partial charge < -0.3 is 5.11 Å². The fraction of sp³-hybridized carbons (Fsp3) is 0. The van der Waals surface area contributed by atoms with Crippen molar-refractivity contribution in [1.29, 1.82) is 0 Å². The molecule has 0 bridgehead atoms. The highest BCUT2D eigenvalue weighted by atomic mass is 79.9. The van der Waals surface area contributed by atoms with Crippen LogP contribution in [0.15, 0.2) is 62.8 Å². The summed E-state index contributed by atoms with van der Waals surface area (Å²) < 4.78 is 0.913. The van der Waals surface area contributed by atoms with Gasteiger partial charge in [0, 0.05) is 14.3 Å². The number of hydrogen-bond acceptors (Lipinski definition) is 2. The van der Waals surface area contributed by atoms with Crippen LogP contribution in [0, 0.1) is 0 Å². The van der Waals surface area contributed by atoms with E-state index in [2.05, 4.69) is 28.1 Å². The van der Waals surface area contributed by atoms with Crippen LogP contribution >= 0.6 is 27.7 Å². The standard InChI is InChI=1S/C12H9BrOS/c13-11-8-9(14)6-7-12(11)15-10-4-2-1-3-5-10/h1-8,14H. The highest BCUT2D eigenvalue weighted by Crippen LogP contribution is 2.34. The lowest BCUT2D eigenvalue weighted by Gasteiger charge is -2.04. The first kappa shape index (κ1) is 10.6. The number of rotatable bonds is 2. The predicted octanol–water partition coefficient (Wildman–Crippen LogP) is 4.31. The molecule has 0 aromatic heterocycles. The monoisotopic (exact) mass is 280 g/mol. The van der Waals surface area contributed by atoms with Crippen molar-refractivity contribution >= 4 is 27.7 Å². The molecule has 0 radical (unpaired) electrons. The minimum absolute atomic E-state index is 0.277. The summed E-state index contributed by atoms with van der Waals surface area (Å²) in [5.74, 6) is 0.277. The number of benzene rings is 2. The molecule has 0 aliphatic heterocycles. The minimum atomic E-state index is 0.277. The van der Waals surface area contributed by atoms with Gasteiger partial charge in [0.1, 0.15) is 5.75 Å². The number of phenols is 1. The minimum Gasteiger partial charge on any atom is -0.508 e. The Morgan fingerprint density at radius 3 is 2.40 bits per heavy atom. The first-order valence-corrected chi connectivity index (χ1v) is 6.08. The van der Waals surface area contributed by atoms with Gasteiger partial charge >= 0.3 is 0 Å². The van der Waals surface area contributed by atoms with Crippen molar-refractivity contribution in [2.45, 2.75) is 9.79 Å². The van der Waals surface area contributed by atoms with Gasteiger partial charge in [-0.25, -0.2) is 0 Å². The van der Waals surface area contributed by atoms with Crippen molar-refractivity contribution in [3.05, 3.63) is 53.0 Å². The SMILES string of the molecule is Oc1ccc(Sc2ccccc2)c(Br)c1. The van der Waals surface area contributed by atoms with E-state index in [-0.39, 0.29) is 5.75 Å².